The standard InChI is InChI=1S/C20H15N3O3S2/c1-2-26-19(25)17-16(12-6-4-3-5-7-12)22-20(28-17)23-18(24)13-8-9-14-15(10-13)27-11-21-14/h3-11H,2H2,1H3,(H,22,23,24). The molecule has 2 aromatic heterocycles. The average Bonchev–Trinajstić information content (AvgIpc) is 3.35. The molecule has 0 aliphatic heterocycles. The van der Waals surface area contributed by atoms with Crippen LogP contribution < -0.4 is 5.32 Å². The fourth-order valence-electron chi connectivity index (χ4n) is 2.67. The molecule has 8 heteroatoms. The molecule has 6 nitrogen and oxygen atoms in total. The fourth-order valence-corrected chi connectivity index (χ4v) is 4.26. The molecule has 2 heterocycles. The van der Waals surface area contributed by atoms with Crippen LogP contribution in [-0.4, -0.2) is 28.5 Å². The SMILES string of the molecule is CCOC(=O)c1sc(NC(=O)c2ccc3ncsc3c2)nc1-c1ccccc1. The van der Waals surface area contributed by atoms with Gasteiger partial charge in [-0.2, -0.15) is 0 Å². The van der Waals surface area contributed by atoms with Gasteiger partial charge in [0.15, 0.2) is 5.13 Å². The Morgan fingerprint density at radius 2 is 1.96 bits per heavy atom. The summed E-state index contributed by atoms with van der Waals surface area (Å²) < 4.78 is 6.08. The summed E-state index contributed by atoms with van der Waals surface area (Å²) in [6.07, 6.45) is 0. The van der Waals surface area contributed by atoms with Crippen molar-refractivity contribution in [2.75, 3.05) is 11.9 Å². The van der Waals surface area contributed by atoms with Crippen LogP contribution in [0.2, 0.25) is 0 Å². The molecule has 1 amide bonds. The van der Waals surface area contributed by atoms with Gasteiger partial charge in [0.1, 0.15) is 4.88 Å². The Balaban J connectivity index is 1.65. The summed E-state index contributed by atoms with van der Waals surface area (Å²) in [5.41, 5.74) is 4.38. The Bertz CT molecular complexity index is 1150. The minimum absolute atomic E-state index is 0.265. The van der Waals surface area contributed by atoms with E-state index < -0.39 is 5.97 Å². The highest BCUT2D eigenvalue weighted by atomic mass is 32.1. The van der Waals surface area contributed by atoms with E-state index in [1.807, 2.05) is 36.4 Å². The van der Waals surface area contributed by atoms with Crippen molar-refractivity contribution in [2.45, 2.75) is 6.92 Å². The van der Waals surface area contributed by atoms with Crippen molar-refractivity contribution in [1.82, 2.24) is 9.97 Å². The molecule has 0 spiro atoms. The Morgan fingerprint density at radius 3 is 2.75 bits per heavy atom. The maximum atomic E-state index is 12.7. The highest BCUT2D eigenvalue weighted by Gasteiger charge is 2.22. The van der Waals surface area contributed by atoms with Gasteiger partial charge in [0.2, 0.25) is 0 Å². The molecule has 2 aromatic carbocycles. The second-order valence-electron chi connectivity index (χ2n) is 5.77. The van der Waals surface area contributed by atoms with Crippen LogP contribution in [0.4, 0.5) is 5.13 Å². The lowest BCUT2D eigenvalue weighted by molar-refractivity contribution is 0.0532. The van der Waals surface area contributed by atoms with E-state index in [4.69, 9.17) is 4.74 Å². The first-order valence-electron chi connectivity index (χ1n) is 8.53. The minimum Gasteiger partial charge on any atom is -0.462 e. The molecular weight excluding hydrogens is 394 g/mol. The predicted molar refractivity (Wildman–Crippen MR) is 111 cm³/mol. The normalized spacial score (nSPS) is 10.8. The first kappa shape index (κ1) is 18.3. The number of thiazole rings is 2. The van der Waals surface area contributed by atoms with Gasteiger partial charge in [-0.1, -0.05) is 41.7 Å². The number of anilines is 1. The molecule has 0 aliphatic carbocycles. The van der Waals surface area contributed by atoms with E-state index in [1.54, 1.807) is 24.6 Å². The molecule has 0 saturated carbocycles. The second kappa shape index (κ2) is 7.87. The molecular formula is C20H15N3O3S2. The number of amides is 1. The van der Waals surface area contributed by atoms with Gasteiger partial charge in [-0.05, 0) is 25.1 Å². The molecule has 0 radical (unpaired) electrons. The molecule has 0 atom stereocenters. The molecule has 4 aromatic rings. The van der Waals surface area contributed by atoms with Crippen LogP contribution in [0, 0.1) is 0 Å². The Hall–Kier alpha value is -3.10. The lowest BCUT2D eigenvalue weighted by atomic mass is 10.1. The number of ether oxygens (including phenoxy) is 1. The number of carbonyl (C=O) groups is 2. The first-order valence-corrected chi connectivity index (χ1v) is 10.2. The van der Waals surface area contributed by atoms with Crippen molar-refractivity contribution in [2.24, 2.45) is 0 Å². The number of carbonyl (C=O) groups excluding carboxylic acids is 2. The summed E-state index contributed by atoms with van der Waals surface area (Å²) in [5, 5.41) is 3.13. The molecule has 0 saturated heterocycles. The third-order valence-corrected chi connectivity index (χ3v) is 5.69. The van der Waals surface area contributed by atoms with Gasteiger partial charge in [0.25, 0.3) is 5.91 Å². The minimum atomic E-state index is -0.453. The number of nitrogens with zero attached hydrogens (tertiary/aromatic N) is 2. The number of hydrogen-bond donors (Lipinski definition) is 1. The molecule has 4 rings (SSSR count). The van der Waals surface area contributed by atoms with E-state index in [0.717, 1.165) is 27.1 Å². The van der Waals surface area contributed by atoms with Crippen LogP contribution in [0.3, 0.4) is 0 Å². The van der Waals surface area contributed by atoms with Crippen molar-refractivity contribution < 1.29 is 14.3 Å². The quantitative estimate of drug-likeness (QED) is 0.477. The summed E-state index contributed by atoms with van der Waals surface area (Å²) in [7, 11) is 0. The van der Waals surface area contributed by atoms with Gasteiger partial charge >= 0.3 is 5.97 Å². The van der Waals surface area contributed by atoms with Gasteiger partial charge < -0.3 is 4.74 Å². The number of rotatable bonds is 5. The predicted octanol–water partition coefficient (Wildman–Crippen LogP) is 4.85. The van der Waals surface area contributed by atoms with Crippen LogP contribution in [0.1, 0.15) is 27.0 Å². The highest BCUT2D eigenvalue weighted by Crippen LogP contribution is 2.32. The number of hydrogen-bond acceptors (Lipinski definition) is 7. The highest BCUT2D eigenvalue weighted by molar-refractivity contribution is 7.18. The molecule has 0 bridgehead atoms. The van der Waals surface area contributed by atoms with Crippen molar-refractivity contribution >= 4 is 49.9 Å². The van der Waals surface area contributed by atoms with Crippen LogP contribution in [0.15, 0.2) is 54.0 Å². The van der Waals surface area contributed by atoms with Gasteiger partial charge in [-0.25, -0.2) is 14.8 Å². The van der Waals surface area contributed by atoms with E-state index in [9.17, 15) is 9.59 Å². The molecule has 0 aliphatic rings. The zero-order chi connectivity index (χ0) is 19.5. The monoisotopic (exact) mass is 409 g/mol. The van der Waals surface area contributed by atoms with Crippen molar-refractivity contribution in [3.8, 4) is 11.3 Å². The van der Waals surface area contributed by atoms with Crippen LogP contribution in [0.25, 0.3) is 21.5 Å². The van der Waals surface area contributed by atoms with E-state index in [2.05, 4.69) is 15.3 Å². The Morgan fingerprint density at radius 1 is 1.14 bits per heavy atom. The van der Waals surface area contributed by atoms with Crippen LogP contribution >= 0.6 is 22.7 Å². The topological polar surface area (TPSA) is 81.2 Å². The van der Waals surface area contributed by atoms with Gasteiger partial charge in [-0.15, -0.1) is 11.3 Å². The van der Waals surface area contributed by atoms with E-state index in [0.29, 0.717) is 21.3 Å². The smallest absolute Gasteiger partial charge is 0.350 e. The maximum absolute atomic E-state index is 12.7. The fraction of sp³-hybridized carbons (Fsp3) is 0.100. The van der Waals surface area contributed by atoms with Gasteiger partial charge in [-0.3, -0.25) is 10.1 Å². The van der Waals surface area contributed by atoms with Gasteiger partial charge in [0.05, 0.1) is 28.0 Å². The number of aromatic nitrogens is 2. The lowest BCUT2D eigenvalue weighted by Crippen LogP contribution is -2.11. The molecule has 0 fully saturated rings. The summed E-state index contributed by atoms with van der Waals surface area (Å²) in [4.78, 5) is 34.1. The third kappa shape index (κ3) is 3.64. The van der Waals surface area contributed by atoms with Gasteiger partial charge in [0, 0.05) is 11.1 Å². The summed E-state index contributed by atoms with van der Waals surface area (Å²) in [5.74, 6) is -0.746. The van der Waals surface area contributed by atoms with E-state index in [-0.39, 0.29) is 12.5 Å². The Kier molecular flexibility index (Phi) is 5.14. The third-order valence-electron chi connectivity index (χ3n) is 3.95. The summed E-state index contributed by atoms with van der Waals surface area (Å²) in [6, 6.07) is 14.7. The molecule has 1 N–H and O–H groups in total. The lowest BCUT2D eigenvalue weighted by Gasteiger charge is -2.01. The number of nitrogens with one attached hydrogen (secondary N) is 1. The zero-order valence-corrected chi connectivity index (χ0v) is 16.5. The molecule has 0 unspecified atom stereocenters. The number of fused-ring (bicyclic) bond motifs is 1. The first-order chi connectivity index (χ1) is 13.7. The summed E-state index contributed by atoms with van der Waals surface area (Å²) in [6.45, 7) is 2.01. The molecule has 28 heavy (non-hydrogen) atoms. The van der Waals surface area contributed by atoms with E-state index in [1.165, 1.54) is 11.3 Å². The van der Waals surface area contributed by atoms with Crippen LogP contribution in [-0.2, 0) is 4.74 Å². The van der Waals surface area contributed by atoms with Crippen molar-refractivity contribution in [1.29, 1.82) is 0 Å². The largest absolute Gasteiger partial charge is 0.462 e. The molecule has 140 valence electrons. The van der Waals surface area contributed by atoms with E-state index >= 15 is 0 Å². The summed E-state index contributed by atoms with van der Waals surface area (Å²) >= 11 is 2.58. The van der Waals surface area contributed by atoms with Crippen molar-refractivity contribution in [3.63, 3.8) is 0 Å². The Labute approximate surface area is 168 Å². The zero-order valence-electron chi connectivity index (χ0n) is 14.8. The van der Waals surface area contributed by atoms with Crippen molar-refractivity contribution in [3.05, 3.63) is 64.5 Å². The number of benzene rings is 2. The van der Waals surface area contributed by atoms with Crippen LogP contribution in [0.5, 0.6) is 0 Å². The number of esters is 1. The maximum Gasteiger partial charge on any atom is 0.350 e. The second-order valence-corrected chi connectivity index (χ2v) is 7.66. The average molecular weight is 409 g/mol.